The summed E-state index contributed by atoms with van der Waals surface area (Å²) in [4.78, 5) is 11.4. The Bertz CT molecular complexity index is 347. The van der Waals surface area contributed by atoms with Gasteiger partial charge in [-0.1, -0.05) is 25.1 Å². The summed E-state index contributed by atoms with van der Waals surface area (Å²) in [6, 6.07) is 4.66. The minimum absolute atomic E-state index is 0. The number of hydrogen-bond acceptors (Lipinski definition) is 2. The van der Waals surface area contributed by atoms with Crippen molar-refractivity contribution in [3.63, 3.8) is 0 Å². The molecule has 0 aliphatic heterocycles. The van der Waals surface area contributed by atoms with Gasteiger partial charge in [-0.05, 0) is 12.0 Å². The van der Waals surface area contributed by atoms with Gasteiger partial charge in [0.25, 0.3) is 0 Å². The Labute approximate surface area is 99.3 Å². The molecule has 0 fully saturated rings. The SMILES string of the molecule is CC1Cc2cc([O-])ccc2C1=O.[Na+]. The Kier molecular flexibility index (Phi) is 3.17. The Morgan fingerprint density at radius 2 is 2.15 bits per heavy atom. The van der Waals surface area contributed by atoms with Crippen LogP contribution in [0.4, 0.5) is 0 Å². The fourth-order valence-electron chi connectivity index (χ4n) is 1.67. The third-order valence-corrected chi connectivity index (χ3v) is 2.32. The molecule has 0 spiro atoms. The summed E-state index contributed by atoms with van der Waals surface area (Å²) < 4.78 is 0. The van der Waals surface area contributed by atoms with Gasteiger partial charge in [0.05, 0.1) is 0 Å². The largest absolute Gasteiger partial charge is 1.00 e. The molecule has 0 amide bonds. The molecule has 2 rings (SSSR count). The molecule has 1 unspecified atom stereocenters. The first-order chi connectivity index (χ1) is 5.68. The maximum Gasteiger partial charge on any atom is 1.00 e. The van der Waals surface area contributed by atoms with Gasteiger partial charge in [0.15, 0.2) is 5.78 Å². The normalized spacial score (nSPS) is 19.5. The Balaban J connectivity index is 0.000000845. The van der Waals surface area contributed by atoms with Crippen LogP contribution in [0.5, 0.6) is 5.75 Å². The van der Waals surface area contributed by atoms with E-state index in [1.165, 1.54) is 6.07 Å². The van der Waals surface area contributed by atoms with Crippen molar-refractivity contribution in [2.75, 3.05) is 0 Å². The van der Waals surface area contributed by atoms with E-state index in [9.17, 15) is 9.90 Å². The smallest absolute Gasteiger partial charge is 0.872 e. The molecule has 1 aromatic rings. The van der Waals surface area contributed by atoms with E-state index in [0.717, 1.165) is 17.5 Å². The van der Waals surface area contributed by atoms with Crippen LogP contribution in [0.25, 0.3) is 0 Å². The fourth-order valence-corrected chi connectivity index (χ4v) is 1.67. The first kappa shape index (κ1) is 10.8. The molecule has 1 aromatic carbocycles. The van der Waals surface area contributed by atoms with Gasteiger partial charge in [-0.2, -0.15) is 0 Å². The van der Waals surface area contributed by atoms with E-state index in [4.69, 9.17) is 0 Å². The van der Waals surface area contributed by atoms with Crippen molar-refractivity contribution in [3.05, 3.63) is 29.3 Å². The number of rotatable bonds is 0. The van der Waals surface area contributed by atoms with Gasteiger partial charge in [-0.25, -0.2) is 0 Å². The molecule has 0 N–H and O–H groups in total. The van der Waals surface area contributed by atoms with E-state index in [1.54, 1.807) is 12.1 Å². The van der Waals surface area contributed by atoms with Crippen molar-refractivity contribution in [1.82, 2.24) is 0 Å². The van der Waals surface area contributed by atoms with Crippen molar-refractivity contribution >= 4 is 5.78 Å². The van der Waals surface area contributed by atoms with Crippen LogP contribution in [-0.2, 0) is 6.42 Å². The molecular weight excluding hydrogens is 175 g/mol. The average Bonchev–Trinajstić information content (AvgIpc) is 2.28. The monoisotopic (exact) mass is 184 g/mol. The van der Waals surface area contributed by atoms with Gasteiger partial charge in [-0.15, -0.1) is 5.75 Å². The second-order valence-electron chi connectivity index (χ2n) is 3.29. The van der Waals surface area contributed by atoms with E-state index in [-0.39, 0.29) is 47.0 Å². The number of carbonyl (C=O) groups is 1. The third-order valence-electron chi connectivity index (χ3n) is 2.32. The zero-order chi connectivity index (χ0) is 8.72. The molecular formula is C10H9NaO2. The molecule has 3 heteroatoms. The number of hydrogen-bond donors (Lipinski definition) is 0. The van der Waals surface area contributed by atoms with Gasteiger partial charge < -0.3 is 5.11 Å². The molecule has 0 bridgehead atoms. The fraction of sp³-hybridized carbons (Fsp3) is 0.300. The quantitative estimate of drug-likeness (QED) is 0.444. The number of Topliss-reactive ketones (excluding diaryl/α,β-unsaturated/α-hetero) is 1. The van der Waals surface area contributed by atoms with Crippen LogP contribution >= 0.6 is 0 Å². The molecule has 1 atom stereocenters. The van der Waals surface area contributed by atoms with E-state index < -0.39 is 0 Å². The summed E-state index contributed by atoms with van der Waals surface area (Å²) in [5.74, 6) is 0.224. The molecule has 2 nitrogen and oxygen atoms in total. The van der Waals surface area contributed by atoms with Crippen molar-refractivity contribution < 1.29 is 39.5 Å². The maximum atomic E-state index is 11.4. The topological polar surface area (TPSA) is 40.1 Å². The zero-order valence-corrected chi connectivity index (χ0v) is 9.83. The van der Waals surface area contributed by atoms with Crippen LogP contribution in [0.3, 0.4) is 0 Å². The summed E-state index contributed by atoms with van der Waals surface area (Å²) in [5, 5.41) is 10.9. The molecule has 13 heavy (non-hydrogen) atoms. The first-order valence-corrected chi connectivity index (χ1v) is 4.02. The van der Waals surface area contributed by atoms with Crippen molar-refractivity contribution in [2.45, 2.75) is 13.3 Å². The molecule has 0 saturated heterocycles. The number of benzene rings is 1. The van der Waals surface area contributed by atoms with Crippen molar-refractivity contribution in [1.29, 1.82) is 0 Å². The van der Waals surface area contributed by atoms with E-state index in [0.29, 0.717) is 0 Å². The van der Waals surface area contributed by atoms with Gasteiger partial charge in [-0.3, -0.25) is 4.79 Å². The van der Waals surface area contributed by atoms with E-state index >= 15 is 0 Å². The summed E-state index contributed by atoms with van der Waals surface area (Å²) in [6.45, 7) is 1.90. The minimum atomic E-state index is -0.00403. The third kappa shape index (κ3) is 1.80. The van der Waals surface area contributed by atoms with Crippen molar-refractivity contribution in [3.8, 4) is 5.75 Å². The summed E-state index contributed by atoms with van der Waals surface area (Å²) in [6.07, 6.45) is 0.726. The minimum Gasteiger partial charge on any atom is -0.872 e. The van der Waals surface area contributed by atoms with E-state index in [1.807, 2.05) is 6.92 Å². The molecule has 0 radical (unpaired) electrons. The van der Waals surface area contributed by atoms with Crippen LogP contribution in [0.2, 0.25) is 0 Å². The second-order valence-corrected chi connectivity index (χ2v) is 3.29. The van der Waals surface area contributed by atoms with Crippen LogP contribution in [0, 0.1) is 5.92 Å². The summed E-state index contributed by atoms with van der Waals surface area (Å²) >= 11 is 0. The summed E-state index contributed by atoms with van der Waals surface area (Å²) in [7, 11) is 0. The molecule has 62 valence electrons. The summed E-state index contributed by atoms with van der Waals surface area (Å²) in [5.41, 5.74) is 1.65. The Hall–Kier alpha value is -0.310. The predicted octanol–water partition coefficient (Wildman–Crippen LogP) is -1.86. The molecule has 0 saturated carbocycles. The number of ketones is 1. The van der Waals surface area contributed by atoms with Crippen molar-refractivity contribution in [2.24, 2.45) is 5.92 Å². The van der Waals surface area contributed by atoms with Crippen LogP contribution < -0.4 is 34.7 Å². The second kappa shape index (κ2) is 3.82. The maximum absolute atomic E-state index is 11.4. The standard InChI is InChI=1S/C10H10O2.Na/c1-6-4-7-5-8(11)2-3-9(7)10(6)12;/h2-3,5-6,11H,4H2,1H3;/q;+1/p-1. The average molecular weight is 184 g/mol. The zero-order valence-electron chi connectivity index (χ0n) is 7.83. The van der Waals surface area contributed by atoms with Crippen LogP contribution in [0.15, 0.2) is 18.2 Å². The van der Waals surface area contributed by atoms with Gasteiger partial charge in [0.1, 0.15) is 0 Å². The molecule has 0 aromatic heterocycles. The van der Waals surface area contributed by atoms with E-state index in [2.05, 4.69) is 0 Å². The molecule has 1 aliphatic rings. The predicted molar refractivity (Wildman–Crippen MR) is 43.1 cm³/mol. The molecule has 1 aliphatic carbocycles. The van der Waals surface area contributed by atoms with Gasteiger partial charge in [0, 0.05) is 11.5 Å². The van der Waals surface area contributed by atoms with Crippen LogP contribution in [0.1, 0.15) is 22.8 Å². The first-order valence-electron chi connectivity index (χ1n) is 4.02. The molecule has 0 heterocycles. The number of fused-ring (bicyclic) bond motifs is 1. The number of carbonyl (C=O) groups excluding carboxylic acids is 1. The van der Waals surface area contributed by atoms with Gasteiger partial charge >= 0.3 is 29.6 Å². The Morgan fingerprint density at radius 1 is 1.46 bits per heavy atom. The van der Waals surface area contributed by atoms with Crippen LogP contribution in [-0.4, -0.2) is 5.78 Å². The van der Waals surface area contributed by atoms with Gasteiger partial charge in [0.2, 0.25) is 0 Å². The Morgan fingerprint density at radius 3 is 2.85 bits per heavy atom.